The summed E-state index contributed by atoms with van der Waals surface area (Å²) in [5.74, 6) is 2.10. The van der Waals surface area contributed by atoms with Gasteiger partial charge in [0.15, 0.2) is 0 Å². The molecule has 9 heteroatoms. The highest BCUT2D eigenvalue weighted by Crippen LogP contribution is 2.44. The molecule has 0 aliphatic carbocycles. The fourth-order valence-electron chi connectivity index (χ4n) is 5.64. The number of carbonyl (C=O) groups excluding carboxylic acids is 2. The Balaban J connectivity index is 1.09. The minimum Gasteiger partial charge on any atom is -0.496 e. The number of hydrogen-bond donors (Lipinski definition) is 1. The predicted octanol–water partition coefficient (Wildman–Crippen LogP) is 6.19. The molecule has 2 amide bonds. The zero-order valence-electron chi connectivity index (χ0n) is 22.1. The Morgan fingerprint density at radius 1 is 0.950 bits per heavy atom. The van der Waals surface area contributed by atoms with Gasteiger partial charge in [-0.15, -0.1) is 0 Å². The van der Waals surface area contributed by atoms with Crippen LogP contribution in [0.1, 0.15) is 29.6 Å². The summed E-state index contributed by atoms with van der Waals surface area (Å²) in [6.45, 7) is 1.74. The van der Waals surface area contributed by atoms with Gasteiger partial charge in [0.2, 0.25) is 5.91 Å². The summed E-state index contributed by atoms with van der Waals surface area (Å²) in [6, 6.07) is 20.1. The van der Waals surface area contributed by atoms with Crippen molar-refractivity contribution in [2.75, 3.05) is 31.6 Å². The Morgan fingerprint density at radius 3 is 2.27 bits per heavy atom. The van der Waals surface area contributed by atoms with Crippen molar-refractivity contribution >= 4 is 29.1 Å². The van der Waals surface area contributed by atoms with Crippen LogP contribution in [-0.2, 0) is 4.79 Å². The van der Waals surface area contributed by atoms with Crippen molar-refractivity contribution in [3.05, 3.63) is 89.7 Å². The van der Waals surface area contributed by atoms with E-state index in [4.69, 9.17) is 21.1 Å². The first-order valence-corrected chi connectivity index (χ1v) is 13.7. The summed E-state index contributed by atoms with van der Waals surface area (Å²) in [6.07, 6.45) is 5.63. The Bertz CT molecular complexity index is 1510. The van der Waals surface area contributed by atoms with E-state index in [0.717, 1.165) is 23.2 Å². The highest BCUT2D eigenvalue weighted by molar-refractivity contribution is 6.30. The standard InChI is InChI=1S/C31H29ClN4O4/c1-39-28-18-24(6-11-27(28)22-19-33-34-20-22)36-17-14-31(30(36)38)12-15-35(16-13-31)29(37)21-2-7-25(8-3-21)40-26-9-4-23(32)5-10-26/h2-11,18-20H,12-17H2,1H3,(H,33,34). The maximum atomic E-state index is 13.7. The Hall–Kier alpha value is -4.30. The van der Waals surface area contributed by atoms with Crippen LogP contribution in [0.5, 0.6) is 17.2 Å². The maximum Gasteiger partial charge on any atom is 0.253 e. The lowest BCUT2D eigenvalue weighted by Gasteiger charge is -2.38. The predicted molar refractivity (Wildman–Crippen MR) is 153 cm³/mol. The molecule has 0 radical (unpaired) electrons. The molecule has 2 fully saturated rings. The molecule has 8 nitrogen and oxygen atoms in total. The number of halogens is 1. The number of aromatic amines is 1. The lowest BCUT2D eigenvalue weighted by Crippen LogP contribution is -2.46. The first-order valence-electron chi connectivity index (χ1n) is 13.3. The SMILES string of the molecule is COc1cc(N2CCC3(CCN(C(=O)c4ccc(Oc5ccc(Cl)cc5)cc4)CC3)C2=O)ccc1-c1cn[nH]c1. The number of benzene rings is 3. The van der Waals surface area contributed by atoms with Crippen LogP contribution in [0.15, 0.2) is 79.1 Å². The Labute approximate surface area is 237 Å². The zero-order valence-corrected chi connectivity index (χ0v) is 22.9. The molecule has 0 atom stereocenters. The number of nitrogens with zero attached hydrogens (tertiary/aromatic N) is 3. The Kier molecular flexibility index (Phi) is 6.94. The second-order valence-corrected chi connectivity index (χ2v) is 10.7. The number of methoxy groups -OCH3 is 1. The summed E-state index contributed by atoms with van der Waals surface area (Å²) in [5.41, 5.74) is 2.82. The fourth-order valence-corrected chi connectivity index (χ4v) is 5.77. The number of H-pyrrole nitrogens is 1. The van der Waals surface area contributed by atoms with Crippen LogP contribution in [0.3, 0.4) is 0 Å². The number of nitrogens with one attached hydrogen (secondary N) is 1. The van der Waals surface area contributed by atoms with E-state index in [-0.39, 0.29) is 11.8 Å². The van der Waals surface area contributed by atoms with E-state index >= 15 is 0 Å². The van der Waals surface area contributed by atoms with E-state index in [1.807, 2.05) is 34.2 Å². The molecule has 4 aromatic rings. The van der Waals surface area contributed by atoms with Crippen LogP contribution >= 0.6 is 11.6 Å². The molecule has 3 aromatic carbocycles. The lowest BCUT2D eigenvalue weighted by atomic mass is 9.77. The van der Waals surface area contributed by atoms with Crippen molar-refractivity contribution in [3.8, 4) is 28.4 Å². The molecule has 40 heavy (non-hydrogen) atoms. The highest BCUT2D eigenvalue weighted by Gasteiger charge is 2.49. The average molecular weight is 557 g/mol. The zero-order chi connectivity index (χ0) is 27.7. The van der Waals surface area contributed by atoms with Crippen LogP contribution < -0.4 is 14.4 Å². The number of ether oxygens (including phenoxy) is 2. The summed E-state index contributed by atoms with van der Waals surface area (Å²) in [4.78, 5) is 30.6. The van der Waals surface area contributed by atoms with Gasteiger partial charge >= 0.3 is 0 Å². The molecule has 0 saturated carbocycles. The molecule has 3 heterocycles. The summed E-state index contributed by atoms with van der Waals surface area (Å²) in [7, 11) is 1.63. The molecule has 1 N–H and O–H groups in total. The third-order valence-corrected chi connectivity index (χ3v) is 8.23. The lowest BCUT2D eigenvalue weighted by molar-refractivity contribution is -0.127. The smallest absolute Gasteiger partial charge is 0.253 e. The molecule has 0 bridgehead atoms. The minimum atomic E-state index is -0.441. The van der Waals surface area contributed by atoms with Crippen LogP contribution in [0, 0.1) is 5.41 Å². The van der Waals surface area contributed by atoms with E-state index in [9.17, 15) is 9.59 Å². The van der Waals surface area contributed by atoms with Crippen molar-refractivity contribution in [2.45, 2.75) is 19.3 Å². The normalized spacial score (nSPS) is 16.4. The van der Waals surface area contributed by atoms with Gasteiger partial charge in [-0.1, -0.05) is 11.6 Å². The van der Waals surface area contributed by atoms with Gasteiger partial charge in [0.1, 0.15) is 17.2 Å². The van der Waals surface area contributed by atoms with Gasteiger partial charge in [-0.2, -0.15) is 5.10 Å². The first kappa shape index (κ1) is 26.0. The number of hydrogen-bond acceptors (Lipinski definition) is 5. The molecular weight excluding hydrogens is 528 g/mol. The topological polar surface area (TPSA) is 87.8 Å². The molecule has 6 rings (SSSR count). The van der Waals surface area contributed by atoms with Gasteiger partial charge in [-0.05, 0) is 79.9 Å². The molecule has 2 aliphatic rings. The third-order valence-electron chi connectivity index (χ3n) is 7.98. The van der Waals surface area contributed by atoms with Crippen LogP contribution in [-0.4, -0.2) is 53.7 Å². The van der Waals surface area contributed by atoms with Crippen molar-refractivity contribution < 1.29 is 19.1 Å². The van der Waals surface area contributed by atoms with Crippen molar-refractivity contribution in [2.24, 2.45) is 5.41 Å². The van der Waals surface area contributed by atoms with Crippen molar-refractivity contribution in [3.63, 3.8) is 0 Å². The number of carbonyl (C=O) groups is 2. The monoisotopic (exact) mass is 556 g/mol. The van der Waals surface area contributed by atoms with Gasteiger partial charge in [0, 0.05) is 59.3 Å². The van der Waals surface area contributed by atoms with E-state index in [1.165, 1.54) is 0 Å². The van der Waals surface area contributed by atoms with Gasteiger partial charge in [-0.25, -0.2) is 0 Å². The summed E-state index contributed by atoms with van der Waals surface area (Å²) < 4.78 is 11.5. The number of piperidine rings is 1. The molecule has 2 saturated heterocycles. The van der Waals surface area contributed by atoms with Gasteiger partial charge in [0.25, 0.3) is 5.91 Å². The maximum absolute atomic E-state index is 13.7. The second kappa shape index (κ2) is 10.7. The number of aromatic nitrogens is 2. The fraction of sp³-hybridized carbons (Fsp3) is 0.258. The number of rotatable bonds is 6. The van der Waals surface area contributed by atoms with E-state index < -0.39 is 5.41 Å². The van der Waals surface area contributed by atoms with E-state index in [2.05, 4.69) is 10.2 Å². The average Bonchev–Trinajstić information content (AvgIpc) is 3.63. The largest absolute Gasteiger partial charge is 0.496 e. The van der Waals surface area contributed by atoms with Crippen LogP contribution in [0.2, 0.25) is 5.02 Å². The van der Waals surface area contributed by atoms with Gasteiger partial charge in [0.05, 0.1) is 18.7 Å². The molecule has 0 unspecified atom stereocenters. The van der Waals surface area contributed by atoms with Crippen molar-refractivity contribution in [1.82, 2.24) is 15.1 Å². The molecule has 2 aliphatic heterocycles. The third kappa shape index (κ3) is 4.91. The summed E-state index contributed by atoms with van der Waals surface area (Å²) >= 11 is 5.93. The van der Waals surface area contributed by atoms with Crippen LogP contribution in [0.25, 0.3) is 11.1 Å². The summed E-state index contributed by atoms with van der Waals surface area (Å²) in [5, 5.41) is 7.48. The molecular formula is C31H29ClN4O4. The number of anilines is 1. The molecule has 204 valence electrons. The number of likely N-dealkylation sites (tertiary alicyclic amines) is 1. The van der Waals surface area contributed by atoms with E-state index in [1.54, 1.807) is 61.8 Å². The highest BCUT2D eigenvalue weighted by atomic mass is 35.5. The molecule has 1 aromatic heterocycles. The van der Waals surface area contributed by atoms with E-state index in [0.29, 0.717) is 60.3 Å². The number of amides is 2. The van der Waals surface area contributed by atoms with Crippen LogP contribution in [0.4, 0.5) is 5.69 Å². The van der Waals surface area contributed by atoms with Gasteiger partial charge < -0.3 is 19.3 Å². The van der Waals surface area contributed by atoms with Gasteiger partial charge in [-0.3, -0.25) is 14.7 Å². The molecule has 1 spiro atoms. The first-order chi connectivity index (χ1) is 19.5. The quantitative estimate of drug-likeness (QED) is 0.306. The second-order valence-electron chi connectivity index (χ2n) is 10.2. The van der Waals surface area contributed by atoms with Crippen molar-refractivity contribution in [1.29, 1.82) is 0 Å². The Morgan fingerprint density at radius 2 is 1.62 bits per heavy atom. The minimum absolute atomic E-state index is 0.0326.